The summed E-state index contributed by atoms with van der Waals surface area (Å²) in [4.78, 5) is 14.9. The van der Waals surface area contributed by atoms with Gasteiger partial charge in [-0.25, -0.2) is 0 Å². The molecule has 0 radical (unpaired) electrons. The number of rotatable bonds is 2. The summed E-state index contributed by atoms with van der Waals surface area (Å²) < 4.78 is 0. The molecule has 0 spiro atoms. The predicted octanol–water partition coefficient (Wildman–Crippen LogP) is 3.77. The molecule has 0 aliphatic carbocycles. The fraction of sp³-hybridized carbons (Fsp3) is 0.400. The topological polar surface area (TPSA) is 32.9 Å². The molecule has 0 fully saturated rings. The van der Waals surface area contributed by atoms with Crippen molar-refractivity contribution in [2.75, 3.05) is 0 Å². The molecule has 1 N–H and O–H groups in total. The minimum Gasteiger partial charge on any atom is -0.322 e. The molecule has 2 rings (SSSR count). The Kier molecular flexibility index (Phi) is 3.05. The molecule has 1 aromatic heterocycles. The number of hydrogen-bond acceptors (Lipinski definition) is 1. The van der Waals surface area contributed by atoms with Crippen LogP contribution in [0.3, 0.4) is 0 Å². The summed E-state index contributed by atoms with van der Waals surface area (Å²) >= 11 is 0. The van der Waals surface area contributed by atoms with Gasteiger partial charge in [0.25, 0.3) is 5.56 Å². The summed E-state index contributed by atoms with van der Waals surface area (Å²) in [5.74, 6) is 0.737. The van der Waals surface area contributed by atoms with Gasteiger partial charge in [-0.1, -0.05) is 39.8 Å². The first-order valence-corrected chi connectivity index (χ1v) is 6.16. The lowest BCUT2D eigenvalue weighted by Gasteiger charge is -2.09. The van der Waals surface area contributed by atoms with Crippen LogP contribution in [-0.4, -0.2) is 4.98 Å². The van der Waals surface area contributed by atoms with Gasteiger partial charge < -0.3 is 4.98 Å². The zero-order valence-corrected chi connectivity index (χ0v) is 10.9. The van der Waals surface area contributed by atoms with Crippen LogP contribution in [-0.2, 0) is 0 Å². The fourth-order valence-corrected chi connectivity index (χ4v) is 2.02. The molecule has 0 amide bonds. The highest BCUT2D eigenvalue weighted by molar-refractivity contribution is 5.79. The Balaban J connectivity index is 2.66. The molecule has 1 heterocycles. The summed E-state index contributed by atoms with van der Waals surface area (Å²) in [6, 6.07) is 8.30. The second-order valence-electron chi connectivity index (χ2n) is 5.21. The van der Waals surface area contributed by atoms with E-state index in [4.69, 9.17) is 0 Å². The molecule has 0 saturated carbocycles. The molecule has 0 atom stereocenters. The van der Waals surface area contributed by atoms with Gasteiger partial charge in [0.1, 0.15) is 0 Å². The number of H-pyrrole nitrogens is 1. The van der Waals surface area contributed by atoms with Gasteiger partial charge in [-0.2, -0.15) is 0 Å². The monoisotopic (exact) mass is 229 g/mol. The van der Waals surface area contributed by atoms with Crippen molar-refractivity contribution in [3.63, 3.8) is 0 Å². The normalized spacial score (nSPS) is 11.6. The lowest BCUT2D eigenvalue weighted by molar-refractivity contribution is 0.847. The van der Waals surface area contributed by atoms with E-state index < -0.39 is 0 Å². The Morgan fingerprint density at radius 3 is 2.29 bits per heavy atom. The first-order valence-electron chi connectivity index (χ1n) is 6.16. The van der Waals surface area contributed by atoms with E-state index in [9.17, 15) is 4.79 Å². The summed E-state index contributed by atoms with van der Waals surface area (Å²) in [5, 5.41) is 1.11. The van der Waals surface area contributed by atoms with Crippen molar-refractivity contribution in [2.24, 2.45) is 0 Å². The Hall–Kier alpha value is -1.57. The highest BCUT2D eigenvalue weighted by Gasteiger charge is 2.07. The van der Waals surface area contributed by atoms with E-state index in [1.807, 2.05) is 19.9 Å². The minimum absolute atomic E-state index is 0.0356. The number of fused-ring (bicyclic) bond motifs is 1. The van der Waals surface area contributed by atoms with Crippen molar-refractivity contribution in [1.82, 2.24) is 4.98 Å². The van der Waals surface area contributed by atoms with Gasteiger partial charge in [-0.15, -0.1) is 0 Å². The molecular weight excluding hydrogens is 210 g/mol. The minimum atomic E-state index is 0.0356. The largest absolute Gasteiger partial charge is 0.322 e. The van der Waals surface area contributed by atoms with Crippen molar-refractivity contribution >= 4 is 10.9 Å². The summed E-state index contributed by atoms with van der Waals surface area (Å²) in [6.07, 6.45) is 0. The summed E-state index contributed by atoms with van der Waals surface area (Å²) in [7, 11) is 0. The zero-order valence-electron chi connectivity index (χ0n) is 10.9. The first kappa shape index (κ1) is 11.9. The van der Waals surface area contributed by atoms with Crippen LogP contribution in [0.25, 0.3) is 10.9 Å². The third kappa shape index (κ3) is 2.26. The van der Waals surface area contributed by atoms with Crippen molar-refractivity contribution in [3.05, 3.63) is 45.7 Å². The molecule has 17 heavy (non-hydrogen) atoms. The van der Waals surface area contributed by atoms with E-state index in [0.717, 1.165) is 16.5 Å². The SMILES string of the molecule is CC(C)c1ccc2cc(C(C)C)c(=O)[nH]c2c1. The second kappa shape index (κ2) is 4.36. The van der Waals surface area contributed by atoms with Gasteiger partial charge in [0.05, 0.1) is 0 Å². The van der Waals surface area contributed by atoms with Crippen molar-refractivity contribution in [3.8, 4) is 0 Å². The van der Waals surface area contributed by atoms with Gasteiger partial charge in [-0.3, -0.25) is 4.79 Å². The maximum atomic E-state index is 11.9. The molecule has 0 unspecified atom stereocenters. The van der Waals surface area contributed by atoms with Crippen LogP contribution in [0.5, 0.6) is 0 Å². The summed E-state index contributed by atoms with van der Waals surface area (Å²) in [5.41, 5.74) is 3.08. The highest BCUT2D eigenvalue weighted by Crippen LogP contribution is 2.21. The van der Waals surface area contributed by atoms with E-state index in [1.54, 1.807) is 0 Å². The lowest BCUT2D eigenvalue weighted by atomic mass is 9.99. The number of benzene rings is 1. The van der Waals surface area contributed by atoms with Gasteiger partial charge >= 0.3 is 0 Å². The molecule has 0 saturated heterocycles. The molecule has 1 aromatic carbocycles. The molecule has 2 nitrogen and oxygen atoms in total. The average Bonchev–Trinajstić information content (AvgIpc) is 2.26. The Bertz CT molecular complexity index is 593. The summed E-state index contributed by atoms with van der Waals surface area (Å²) in [6.45, 7) is 8.39. The second-order valence-corrected chi connectivity index (χ2v) is 5.21. The molecule has 2 heteroatoms. The molecule has 0 bridgehead atoms. The van der Waals surface area contributed by atoms with Crippen molar-refractivity contribution in [2.45, 2.75) is 39.5 Å². The standard InChI is InChI=1S/C15H19NO/c1-9(2)11-5-6-12-7-13(10(3)4)15(17)16-14(12)8-11/h5-10H,1-4H3,(H,16,17). The van der Waals surface area contributed by atoms with Gasteiger partial charge in [-0.05, 0) is 34.9 Å². The van der Waals surface area contributed by atoms with E-state index in [2.05, 4.69) is 37.0 Å². The number of nitrogens with one attached hydrogen (secondary N) is 1. The Morgan fingerprint density at radius 1 is 1.00 bits per heavy atom. The highest BCUT2D eigenvalue weighted by atomic mass is 16.1. The van der Waals surface area contributed by atoms with E-state index in [1.165, 1.54) is 5.56 Å². The van der Waals surface area contributed by atoms with Gasteiger partial charge in [0, 0.05) is 11.1 Å². The average molecular weight is 229 g/mol. The zero-order chi connectivity index (χ0) is 12.6. The lowest BCUT2D eigenvalue weighted by Crippen LogP contribution is -2.13. The third-order valence-corrected chi connectivity index (χ3v) is 3.19. The molecule has 90 valence electrons. The number of aromatic nitrogens is 1. The van der Waals surface area contributed by atoms with Crippen LogP contribution in [0.15, 0.2) is 29.1 Å². The Morgan fingerprint density at radius 2 is 1.71 bits per heavy atom. The van der Waals surface area contributed by atoms with Crippen molar-refractivity contribution < 1.29 is 0 Å². The smallest absolute Gasteiger partial charge is 0.251 e. The predicted molar refractivity (Wildman–Crippen MR) is 72.7 cm³/mol. The number of hydrogen-bond donors (Lipinski definition) is 1. The van der Waals surface area contributed by atoms with Gasteiger partial charge in [0.2, 0.25) is 0 Å². The number of pyridine rings is 1. The molecule has 2 aromatic rings. The van der Waals surface area contributed by atoms with Crippen LogP contribution in [0, 0.1) is 0 Å². The molecular formula is C15H19NO. The number of aromatic amines is 1. The van der Waals surface area contributed by atoms with Crippen molar-refractivity contribution in [1.29, 1.82) is 0 Å². The van der Waals surface area contributed by atoms with Crippen LogP contribution >= 0.6 is 0 Å². The van der Waals surface area contributed by atoms with Crippen LogP contribution in [0.2, 0.25) is 0 Å². The fourth-order valence-electron chi connectivity index (χ4n) is 2.02. The van der Waals surface area contributed by atoms with Crippen LogP contribution in [0.4, 0.5) is 0 Å². The quantitative estimate of drug-likeness (QED) is 0.835. The van der Waals surface area contributed by atoms with E-state index >= 15 is 0 Å². The molecule has 0 aliphatic rings. The third-order valence-electron chi connectivity index (χ3n) is 3.19. The maximum Gasteiger partial charge on any atom is 0.251 e. The van der Waals surface area contributed by atoms with Crippen LogP contribution in [0.1, 0.15) is 50.7 Å². The van der Waals surface area contributed by atoms with Gasteiger partial charge in [0.15, 0.2) is 0 Å². The Labute approximate surface area is 102 Å². The van der Waals surface area contributed by atoms with E-state index in [0.29, 0.717) is 5.92 Å². The van der Waals surface area contributed by atoms with Crippen LogP contribution < -0.4 is 5.56 Å². The van der Waals surface area contributed by atoms with E-state index in [-0.39, 0.29) is 11.5 Å². The first-order chi connectivity index (χ1) is 7.99. The maximum absolute atomic E-state index is 11.9. The molecule has 0 aliphatic heterocycles.